The molecule has 2 amide bonds. The van der Waals surface area contributed by atoms with E-state index < -0.39 is 0 Å². The first-order valence-electron chi connectivity index (χ1n) is 9.96. The van der Waals surface area contributed by atoms with E-state index in [0.29, 0.717) is 26.7 Å². The van der Waals surface area contributed by atoms with Gasteiger partial charge in [-0.1, -0.05) is 47.1 Å². The number of anilines is 1. The number of carbonyl (C=O) groups is 2. The molecule has 0 radical (unpaired) electrons. The van der Waals surface area contributed by atoms with Gasteiger partial charge in [0.1, 0.15) is 5.75 Å². The largest absolute Gasteiger partial charge is 0.497 e. The van der Waals surface area contributed by atoms with Crippen LogP contribution in [-0.4, -0.2) is 39.4 Å². The Labute approximate surface area is 206 Å². The third kappa shape index (κ3) is 6.86. The van der Waals surface area contributed by atoms with Crippen molar-refractivity contribution >= 4 is 52.5 Å². The van der Waals surface area contributed by atoms with Gasteiger partial charge in [-0.2, -0.15) is 0 Å². The molecule has 1 heterocycles. The van der Waals surface area contributed by atoms with E-state index >= 15 is 0 Å². The molecule has 0 saturated heterocycles. The van der Waals surface area contributed by atoms with Crippen LogP contribution in [0, 0.1) is 0 Å². The first-order chi connectivity index (χ1) is 15.8. The minimum absolute atomic E-state index is 0.129. The molecule has 0 aliphatic carbocycles. The summed E-state index contributed by atoms with van der Waals surface area (Å²) in [5, 5.41) is 15.4. The van der Waals surface area contributed by atoms with Crippen LogP contribution >= 0.6 is 35.0 Å². The monoisotopic (exact) mass is 507 g/mol. The van der Waals surface area contributed by atoms with Crippen LogP contribution in [-0.2, 0) is 23.1 Å². The van der Waals surface area contributed by atoms with Gasteiger partial charge in [0.2, 0.25) is 11.8 Å². The van der Waals surface area contributed by atoms with Gasteiger partial charge in [0.25, 0.3) is 0 Å². The van der Waals surface area contributed by atoms with E-state index in [0.717, 1.165) is 11.3 Å². The highest BCUT2D eigenvalue weighted by Gasteiger charge is 2.18. The van der Waals surface area contributed by atoms with Crippen molar-refractivity contribution in [3.8, 4) is 5.75 Å². The summed E-state index contributed by atoms with van der Waals surface area (Å²) in [6, 6.07) is 11.9. The second-order valence-corrected chi connectivity index (χ2v) is 8.94. The summed E-state index contributed by atoms with van der Waals surface area (Å²) >= 11 is 13.1. The predicted molar refractivity (Wildman–Crippen MR) is 130 cm³/mol. The molecule has 0 spiro atoms. The fraction of sp³-hybridized carbons (Fsp3) is 0.273. The maximum atomic E-state index is 12.4. The molecule has 2 N–H and O–H groups in total. The Morgan fingerprint density at radius 1 is 1.09 bits per heavy atom. The fourth-order valence-corrected chi connectivity index (χ4v) is 4.03. The van der Waals surface area contributed by atoms with Gasteiger partial charge in [0.15, 0.2) is 11.0 Å². The lowest BCUT2D eigenvalue weighted by Gasteiger charge is -2.14. The number of rotatable bonds is 9. The minimum atomic E-state index is -0.354. The van der Waals surface area contributed by atoms with E-state index in [1.807, 2.05) is 31.2 Å². The van der Waals surface area contributed by atoms with Crippen molar-refractivity contribution in [1.82, 2.24) is 20.1 Å². The molecule has 0 fully saturated rings. The number of halogens is 2. The number of carbonyl (C=O) groups excluding carboxylic acids is 2. The molecular formula is C22H23Cl2N5O3S. The highest BCUT2D eigenvalue weighted by molar-refractivity contribution is 7.99. The molecule has 0 aliphatic rings. The van der Waals surface area contributed by atoms with Crippen LogP contribution in [0.15, 0.2) is 47.6 Å². The molecule has 174 valence electrons. The van der Waals surface area contributed by atoms with Crippen molar-refractivity contribution in [3.05, 3.63) is 63.9 Å². The Bertz CT molecular complexity index is 1140. The van der Waals surface area contributed by atoms with E-state index in [2.05, 4.69) is 20.8 Å². The molecule has 0 aliphatic heterocycles. The van der Waals surface area contributed by atoms with Crippen molar-refractivity contribution in [1.29, 1.82) is 0 Å². The van der Waals surface area contributed by atoms with Crippen molar-refractivity contribution in [2.45, 2.75) is 24.5 Å². The summed E-state index contributed by atoms with van der Waals surface area (Å²) in [4.78, 5) is 24.7. The minimum Gasteiger partial charge on any atom is -0.497 e. The van der Waals surface area contributed by atoms with Crippen LogP contribution in [0.3, 0.4) is 0 Å². The number of ether oxygens (including phenoxy) is 1. The maximum Gasteiger partial charge on any atom is 0.234 e. The Hall–Kier alpha value is -2.75. The van der Waals surface area contributed by atoms with E-state index in [9.17, 15) is 9.59 Å². The van der Waals surface area contributed by atoms with Gasteiger partial charge in [-0.3, -0.25) is 9.59 Å². The number of thioether (sulfide) groups is 1. The highest BCUT2D eigenvalue weighted by Crippen LogP contribution is 2.25. The highest BCUT2D eigenvalue weighted by atomic mass is 35.5. The van der Waals surface area contributed by atoms with Crippen LogP contribution in [0.2, 0.25) is 10.0 Å². The van der Waals surface area contributed by atoms with Gasteiger partial charge in [-0.25, -0.2) is 0 Å². The van der Waals surface area contributed by atoms with Crippen LogP contribution < -0.4 is 15.4 Å². The van der Waals surface area contributed by atoms with Crippen molar-refractivity contribution in [3.63, 3.8) is 0 Å². The van der Waals surface area contributed by atoms with E-state index in [1.165, 1.54) is 11.8 Å². The Morgan fingerprint density at radius 2 is 1.82 bits per heavy atom. The number of hydrogen-bond acceptors (Lipinski definition) is 6. The average Bonchev–Trinajstić information content (AvgIpc) is 3.15. The smallest absolute Gasteiger partial charge is 0.234 e. The number of methoxy groups -OCH3 is 1. The molecule has 0 saturated carbocycles. The standard InChI is InChI=1S/C22H23Cl2N5O3S/c1-13(25-19(30)10-14-4-7-16(32-3)8-5-14)21-27-28-22(29(21)2)33-12-20(31)26-15-6-9-17(23)18(24)11-15/h4-9,11,13H,10,12H2,1-3H3,(H,25,30)(H,26,31)/t13-/m0/s1. The lowest BCUT2D eigenvalue weighted by molar-refractivity contribution is -0.121. The third-order valence-electron chi connectivity index (χ3n) is 4.69. The lowest BCUT2D eigenvalue weighted by Crippen LogP contribution is -2.29. The van der Waals surface area contributed by atoms with Crippen molar-refractivity contribution in [2.75, 3.05) is 18.2 Å². The molecule has 3 rings (SSSR count). The first kappa shape index (κ1) is 24.9. The SMILES string of the molecule is COc1ccc(CC(=O)N[C@@H](C)c2nnc(SCC(=O)Nc3ccc(Cl)c(Cl)c3)n2C)cc1. The number of hydrogen-bond donors (Lipinski definition) is 2. The summed E-state index contributed by atoms with van der Waals surface area (Å²) in [5.41, 5.74) is 1.43. The molecule has 2 aromatic carbocycles. The number of amides is 2. The second kappa shape index (κ2) is 11.4. The maximum absolute atomic E-state index is 12.4. The third-order valence-corrected chi connectivity index (χ3v) is 6.45. The molecule has 1 atom stereocenters. The van der Waals surface area contributed by atoms with Gasteiger partial charge >= 0.3 is 0 Å². The lowest BCUT2D eigenvalue weighted by atomic mass is 10.1. The summed E-state index contributed by atoms with van der Waals surface area (Å²) in [5.74, 6) is 1.10. The van der Waals surface area contributed by atoms with E-state index in [-0.39, 0.29) is 30.0 Å². The van der Waals surface area contributed by atoms with Crippen molar-refractivity contribution in [2.24, 2.45) is 7.05 Å². The second-order valence-electron chi connectivity index (χ2n) is 7.18. The summed E-state index contributed by atoms with van der Waals surface area (Å²) < 4.78 is 6.89. The summed E-state index contributed by atoms with van der Waals surface area (Å²) in [6.45, 7) is 1.83. The Balaban J connectivity index is 1.52. The van der Waals surface area contributed by atoms with Crippen LogP contribution in [0.4, 0.5) is 5.69 Å². The van der Waals surface area contributed by atoms with Crippen LogP contribution in [0.1, 0.15) is 24.4 Å². The molecule has 1 aromatic heterocycles. The number of nitrogens with zero attached hydrogens (tertiary/aromatic N) is 3. The molecule has 0 bridgehead atoms. The fourth-order valence-electron chi connectivity index (χ4n) is 3.02. The average molecular weight is 508 g/mol. The Kier molecular flexibility index (Phi) is 8.60. The molecule has 11 heteroatoms. The topological polar surface area (TPSA) is 98.1 Å². The quantitative estimate of drug-likeness (QED) is 0.419. The van der Waals surface area contributed by atoms with Crippen LogP contribution in [0.5, 0.6) is 5.75 Å². The number of aromatic nitrogens is 3. The van der Waals surface area contributed by atoms with Gasteiger partial charge in [-0.05, 0) is 42.8 Å². The number of nitrogens with one attached hydrogen (secondary N) is 2. The summed E-state index contributed by atoms with van der Waals surface area (Å²) in [6.07, 6.45) is 0.239. The van der Waals surface area contributed by atoms with E-state index in [1.54, 1.807) is 36.9 Å². The molecular weight excluding hydrogens is 485 g/mol. The molecule has 0 unspecified atom stereocenters. The molecule has 3 aromatic rings. The predicted octanol–water partition coefficient (Wildman–Crippen LogP) is 4.28. The van der Waals surface area contributed by atoms with Gasteiger partial charge in [0.05, 0.1) is 35.4 Å². The van der Waals surface area contributed by atoms with Gasteiger partial charge in [0, 0.05) is 12.7 Å². The molecule has 33 heavy (non-hydrogen) atoms. The zero-order chi connectivity index (χ0) is 24.0. The van der Waals surface area contributed by atoms with E-state index in [4.69, 9.17) is 27.9 Å². The number of benzene rings is 2. The Morgan fingerprint density at radius 3 is 2.48 bits per heavy atom. The first-order valence-corrected chi connectivity index (χ1v) is 11.7. The van der Waals surface area contributed by atoms with Crippen molar-refractivity contribution < 1.29 is 14.3 Å². The zero-order valence-electron chi connectivity index (χ0n) is 18.3. The van der Waals surface area contributed by atoms with Gasteiger partial charge < -0.3 is 19.9 Å². The van der Waals surface area contributed by atoms with Gasteiger partial charge in [-0.15, -0.1) is 10.2 Å². The summed E-state index contributed by atoms with van der Waals surface area (Å²) in [7, 11) is 3.39. The zero-order valence-corrected chi connectivity index (χ0v) is 20.6. The van der Waals surface area contributed by atoms with Crippen LogP contribution in [0.25, 0.3) is 0 Å². The normalized spacial score (nSPS) is 11.7. The molecule has 8 nitrogen and oxygen atoms in total.